The fourth-order valence-corrected chi connectivity index (χ4v) is 4.86. The highest BCUT2D eigenvalue weighted by Gasteiger charge is 2.34. The van der Waals surface area contributed by atoms with Crippen molar-refractivity contribution >= 4 is 51.5 Å². The van der Waals surface area contributed by atoms with Crippen molar-refractivity contribution in [3.8, 4) is 0 Å². The maximum absolute atomic E-state index is 13.9. The van der Waals surface area contributed by atoms with E-state index in [1.807, 2.05) is 54.9 Å². The fourth-order valence-electron chi connectivity index (χ4n) is 4.18. The zero-order valence-corrected chi connectivity index (χ0v) is 21.4. The fraction of sp³-hybridized carbons (Fsp3) is 0.296. The molecule has 9 nitrogen and oxygen atoms in total. The molecule has 0 spiro atoms. The number of nitrogens with one attached hydrogen (secondary N) is 2. The van der Waals surface area contributed by atoms with Gasteiger partial charge in [-0.25, -0.2) is 4.68 Å². The minimum Gasteiger partial charge on any atom is -0.352 e. The Morgan fingerprint density at radius 3 is 2.51 bits per heavy atom. The number of rotatable bonds is 9. The monoisotopic (exact) mass is 516 g/mol. The third-order valence-electron chi connectivity index (χ3n) is 6.13. The first-order valence-electron chi connectivity index (χ1n) is 12.2. The predicted molar refractivity (Wildman–Crippen MR) is 143 cm³/mol. The van der Waals surface area contributed by atoms with Crippen molar-refractivity contribution in [3.05, 3.63) is 70.9 Å². The first-order valence-corrected chi connectivity index (χ1v) is 13.2. The van der Waals surface area contributed by atoms with Gasteiger partial charge >= 0.3 is 0 Å². The maximum atomic E-state index is 13.9. The largest absolute Gasteiger partial charge is 0.352 e. The molecule has 0 radical (unpaired) electrons. The van der Waals surface area contributed by atoms with E-state index < -0.39 is 6.04 Å². The van der Waals surface area contributed by atoms with Gasteiger partial charge in [-0.1, -0.05) is 17.3 Å². The Bertz CT molecular complexity index is 1410. The summed E-state index contributed by atoms with van der Waals surface area (Å²) in [7, 11) is 0. The van der Waals surface area contributed by atoms with Gasteiger partial charge in [-0.3, -0.25) is 19.3 Å². The Hall–Kier alpha value is -4.05. The smallest absolute Gasteiger partial charge is 0.249 e. The van der Waals surface area contributed by atoms with E-state index in [1.165, 1.54) is 16.2 Å². The van der Waals surface area contributed by atoms with Crippen LogP contribution in [0.4, 0.5) is 11.4 Å². The molecular formula is C27H28N6O3S. The number of carbonyl (C=O) groups excluding carboxylic acids is 3. The Balaban J connectivity index is 1.51. The normalized spacial score (nSPS) is 13.9. The molecule has 0 bridgehead atoms. The van der Waals surface area contributed by atoms with Crippen LogP contribution in [0.5, 0.6) is 0 Å². The summed E-state index contributed by atoms with van der Waals surface area (Å²) >= 11 is 1.46. The molecule has 1 fully saturated rings. The highest BCUT2D eigenvalue weighted by Crippen LogP contribution is 2.33. The molecule has 2 aromatic heterocycles. The van der Waals surface area contributed by atoms with E-state index in [1.54, 1.807) is 28.9 Å². The van der Waals surface area contributed by atoms with Crippen molar-refractivity contribution in [2.45, 2.75) is 45.3 Å². The van der Waals surface area contributed by atoms with Crippen molar-refractivity contribution in [1.29, 1.82) is 0 Å². The number of nitrogens with zero attached hydrogens (tertiary/aromatic N) is 4. The van der Waals surface area contributed by atoms with Crippen molar-refractivity contribution < 1.29 is 14.4 Å². The van der Waals surface area contributed by atoms with E-state index in [2.05, 4.69) is 20.9 Å². The van der Waals surface area contributed by atoms with Crippen molar-refractivity contribution in [2.24, 2.45) is 5.92 Å². The lowest BCUT2D eigenvalue weighted by Crippen LogP contribution is -2.46. The number of hydrogen-bond acceptors (Lipinski definition) is 6. The molecule has 2 aromatic carbocycles. The van der Waals surface area contributed by atoms with E-state index in [9.17, 15) is 14.4 Å². The van der Waals surface area contributed by atoms with Gasteiger partial charge in [0, 0.05) is 23.3 Å². The predicted octanol–water partition coefficient (Wildman–Crippen LogP) is 4.14. The van der Waals surface area contributed by atoms with Gasteiger partial charge in [0.15, 0.2) is 0 Å². The van der Waals surface area contributed by atoms with Crippen molar-refractivity contribution in [3.63, 3.8) is 0 Å². The zero-order chi connectivity index (χ0) is 25.9. The molecule has 1 aliphatic carbocycles. The highest BCUT2D eigenvalue weighted by atomic mass is 32.1. The van der Waals surface area contributed by atoms with E-state index >= 15 is 0 Å². The summed E-state index contributed by atoms with van der Waals surface area (Å²) in [4.78, 5) is 41.1. The van der Waals surface area contributed by atoms with Crippen LogP contribution in [-0.4, -0.2) is 38.8 Å². The van der Waals surface area contributed by atoms with Gasteiger partial charge in [0.25, 0.3) is 0 Å². The first-order chi connectivity index (χ1) is 17.9. The van der Waals surface area contributed by atoms with Crippen LogP contribution in [0, 0.1) is 5.92 Å². The number of carbonyl (C=O) groups is 3. The molecule has 4 aromatic rings. The molecule has 5 rings (SSSR count). The molecule has 3 amide bonds. The molecule has 1 saturated carbocycles. The van der Waals surface area contributed by atoms with Crippen LogP contribution in [0.1, 0.15) is 38.3 Å². The minimum atomic E-state index is -0.886. The van der Waals surface area contributed by atoms with Gasteiger partial charge in [0.05, 0.1) is 5.52 Å². The minimum absolute atomic E-state index is 0.00574. The summed E-state index contributed by atoms with van der Waals surface area (Å²) in [5, 5.41) is 18.0. The van der Waals surface area contributed by atoms with E-state index in [4.69, 9.17) is 0 Å². The SMILES string of the molecule is CC(C)NC(=O)C(c1ccsc1)N(C(=O)Cn1nnc2ccccc21)c1ccc(NC(=O)C2CC2)cc1. The van der Waals surface area contributed by atoms with Gasteiger partial charge in [-0.15, -0.1) is 5.10 Å². The van der Waals surface area contributed by atoms with Crippen molar-refractivity contribution in [1.82, 2.24) is 20.3 Å². The van der Waals surface area contributed by atoms with Gasteiger partial charge < -0.3 is 10.6 Å². The summed E-state index contributed by atoms with van der Waals surface area (Å²) in [6.45, 7) is 3.66. The summed E-state index contributed by atoms with van der Waals surface area (Å²) in [6.07, 6.45) is 1.83. The van der Waals surface area contributed by atoms with Gasteiger partial charge in [-0.2, -0.15) is 11.3 Å². The molecular weight excluding hydrogens is 488 g/mol. The number of amides is 3. The molecule has 2 heterocycles. The van der Waals surface area contributed by atoms with Crippen LogP contribution < -0.4 is 15.5 Å². The number of hydrogen-bond donors (Lipinski definition) is 2. The van der Waals surface area contributed by atoms with Crippen LogP contribution in [0.3, 0.4) is 0 Å². The molecule has 1 aliphatic rings. The third kappa shape index (κ3) is 5.54. The average Bonchev–Trinajstić information content (AvgIpc) is 3.45. The summed E-state index contributed by atoms with van der Waals surface area (Å²) in [5.41, 5.74) is 3.31. The lowest BCUT2D eigenvalue weighted by Gasteiger charge is -2.31. The number of thiophene rings is 1. The number of fused-ring (bicyclic) bond motifs is 1. The maximum Gasteiger partial charge on any atom is 0.249 e. The summed E-state index contributed by atoms with van der Waals surface area (Å²) in [6, 6.07) is 15.3. The molecule has 0 saturated heterocycles. The molecule has 1 atom stereocenters. The second-order valence-corrected chi connectivity index (χ2v) is 10.2. The highest BCUT2D eigenvalue weighted by molar-refractivity contribution is 7.08. The quantitative estimate of drug-likeness (QED) is 0.348. The second kappa shape index (κ2) is 10.5. The Morgan fingerprint density at radius 2 is 1.84 bits per heavy atom. The first kappa shape index (κ1) is 24.6. The average molecular weight is 517 g/mol. The summed E-state index contributed by atoms with van der Waals surface area (Å²) < 4.78 is 1.54. The molecule has 37 heavy (non-hydrogen) atoms. The number of anilines is 2. The van der Waals surface area contributed by atoms with E-state index in [-0.39, 0.29) is 36.2 Å². The Kier molecular flexibility index (Phi) is 7.00. The van der Waals surface area contributed by atoms with Crippen LogP contribution in [0.25, 0.3) is 11.0 Å². The van der Waals surface area contributed by atoms with Crippen molar-refractivity contribution in [2.75, 3.05) is 10.2 Å². The zero-order valence-electron chi connectivity index (χ0n) is 20.6. The standard InChI is InChI=1S/C27H28N6O3S/c1-17(2)28-27(36)25(19-13-14-37-16-19)33(21-11-9-20(10-12-21)29-26(35)18-7-8-18)24(34)15-32-23-6-4-3-5-22(23)30-31-32/h3-6,9-14,16-18,25H,7-8,15H2,1-2H3,(H,28,36)(H,29,35). The number of para-hydroxylation sites is 1. The second-order valence-electron chi connectivity index (χ2n) is 9.43. The molecule has 10 heteroatoms. The molecule has 190 valence electrons. The van der Waals surface area contributed by atoms with E-state index in [0.717, 1.165) is 18.4 Å². The van der Waals surface area contributed by atoms with E-state index in [0.29, 0.717) is 22.5 Å². The molecule has 2 N–H and O–H groups in total. The van der Waals surface area contributed by atoms with Crippen LogP contribution in [0.15, 0.2) is 65.4 Å². The van der Waals surface area contributed by atoms with Crippen LogP contribution >= 0.6 is 11.3 Å². The third-order valence-corrected chi connectivity index (χ3v) is 6.83. The number of benzene rings is 2. The lowest BCUT2D eigenvalue weighted by atomic mass is 10.1. The lowest BCUT2D eigenvalue weighted by molar-refractivity contribution is -0.127. The topological polar surface area (TPSA) is 109 Å². The van der Waals surface area contributed by atoms with Gasteiger partial charge in [0.1, 0.15) is 18.1 Å². The van der Waals surface area contributed by atoms with Gasteiger partial charge in [-0.05, 0) is 85.5 Å². The Morgan fingerprint density at radius 1 is 1.08 bits per heavy atom. The Labute approximate surface area is 218 Å². The summed E-state index contributed by atoms with van der Waals surface area (Å²) in [5.74, 6) is -0.513. The van der Waals surface area contributed by atoms with Gasteiger partial charge in [0.2, 0.25) is 17.7 Å². The molecule has 0 aliphatic heterocycles. The van der Waals surface area contributed by atoms with Crippen LogP contribution in [-0.2, 0) is 20.9 Å². The molecule has 1 unspecified atom stereocenters. The van der Waals surface area contributed by atoms with Crippen LogP contribution in [0.2, 0.25) is 0 Å². The number of aromatic nitrogens is 3.